The third-order valence-corrected chi connectivity index (χ3v) is 7.54. The average Bonchev–Trinajstić information content (AvgIpc) is 3.35. The summed E-state index contributed by atoms with van der Waals surface area (Å²) in [6.07, 6.45) is 9.52. The first kappa shape index (κ1) is 23.1. The van der Waals surface area contributed by atoms with Crippen molar-refractivity contribution < 1.29 is 9.59 Å². The van der Waals surface area contributed by atoms with Crippen LogP contribution in [0.1, 0.15) is 81.0 Å². The second-order valence-corrected chi connectivity index (χ2v) is 9.62. The van der Waals surface area contributed by atoms with E-state index in [9.17, 15) is 9.59 Å². The summed E-state index contributed by atoms with van der Waals surface area (Å²) in [4.78, 5) is 26.2. The van der Waals surface area contributed by atoms with E-state index < -0.39 is 0 Å². The molecule has 3 aliphatic rings. The highest BCUT2D eigenvalue weighted by Crippen LogP contribution is 2.53. The van der Waals surface area contributed by atoms with Crippen molar-refractivity contribution >= 4 is 11.9 Å². The third-order valence-electron chi connectivity index (χ3n) is 7.54. The maximum absolute atomic E-state index is 12.1. The molecule has 7 heteroatoms. The lowest BCUT2D eigenvalue weighted by Crippen LogP contribution is -2.44. The van der Waals surface area contributed by atoms with Crippen molar-refractivity contribution in [2.75, 3.05) is 26.2 Å². The average molecular weight is 442 g/mol. The minimum atomic E-state index is -0.0897. The van der Waals surface area contributed by atoms with Crippen molar-refractivity contribution in [2.45, 2.75) is 75.9 Å². The van der Waals surface area contributed by atoms with Crippen LogP contribution >= 0.6 is 0 Å². The number of hydrogen-bond donors (Lipinski definition) is 4. The van der Waals surface area contributed by atoms with E-state index in [-0.39, 0.29) is 18.0 Å². The fraction of sp³-hybridized carbons (Fsp3) is 0.680. The summed E-state index contributed by atoms with van der Waals surface area (Å²) in [5.41, 5.74) is 8.48. The monoisotopic (exact) mass is 441 g/mol. The molecule has 2 heterocycles. The SMILES string of the molecule is NCCC(=O)NCCCNC(=O)NC1CCC(CCN2[C@@H]3CC[C@H]2c2ccccc23)CC1. The molecule has 1 saturated heterocycles. The summed E-state index contributed by atoms with van der Waals surface area (Å²) in [6, 6.07) is 10.5. The molecule has 2 atom stereocenters. The molecule has 1 saturated carbocycles. The first-order valence-electron chi connectivity index (χ1n) is 12.5. The number of carbonyl (C=O) groups excluding carboxylic acids is 2. The van der Waals surface area contributed by atoms with E-state index in [1.54, 1.807) is 11.1 Å². The number of amides is 3. The molecule has 2 bridgehead atoms. The number of rotatable bonds is 10. The predicted molar refractivity (Wildman–Crippen MR) is 126 cm³/mol. The molecular formula is C25H39N5O2. The van der Waals surface area contributed by atoms with Crippen LogP contribution in [0.3, 0.4) is 0 Å². The van der Waals surface area contributed by atoms with Crippen LogP contribution in [0.4, 0.5) is 4.79 Å². The van der Waals surface area contributed by atoms with Crippen LogP contribution in [0.15, 0.2) is 24.3 Å². The lowest BCUT2D eigenvalue weighted by atomic mass is 9.84. The number of urea groups is 1. The maximum Gasteiger partial charge on any atom is 0.315 e. The lowest BCUT2D eigenvalue weighted by Gasteiger charge is -2.31. The molecule has 176 valence electrons. The Morgan fingerprint density at radius 2 is 1.59 bits per heavy atom. The molecule has 0 aromatic heterocycles. The second-order valence-electron chi connectivity index (χ2n) is 9.62. The molecule has 2 fully saturated rings. The molecule has 0 radical (unpaired) electrons. The van der Waals surface area contributed by atoms with Gasteiger partial charge in [0.1, 0.15) is 0 Å². The second kappa shape index (κ2) is 11.1. The van der Waals surface area contributed by atoms with E-state index in [1.165, 1.54) is 38.6 Å². The number of nitrogens with two attached hydrogens (primary N) is 1. The van der Waals surface area contributed by atoms with Gasteiger partial charge in [0.25, 0.3) is 0 Å². The van der Waals surface area contributed by atoms with Crippen LogP contribution in [0, 0.1) is 5.92 Å². The zero-order chi connectivity index (χ0) is 22.3. The van der Waals surface area contributed by atoms with Gasteiger partial charge in [-0.05, 0) is 75.0 Å². The van der Waals surface area contributed by atoms with Crippen molar-refractivity contribution in [1.29, 1.82) is 0 Å². The van der Waals surface area contributed by atoms with Crippen molar-refractivity contribution in [2.24, 2.45) is 11.7 Å². The van der Waals surface area contributed by atoms with Gasteiger partial charge >= 0.3 is 6.03 Å². The van der Waals surface area contributed by atoms with Crippen LogP contribution in [-0.4, -0.2) is 49.1 Å². The molecule has 4 rings (SSSR count). The van der Waals surface area contributed by atoms with Crippen molar-refractivity contribution in [3.63, 3.8) is 0 Å². The Kier molecular flexibility index (Phi) is 8.03. The summed E-state index contributed by atoms with van der Waals surface area (Å²) in [7, 11) is 0. The summed E-state index contributed by atoms with van der Waals surface area (Å²) in [5.74, 6) is 0.743. The van der Waals surface area contributed by atoms with Gasteiger partial charge in [0, 0.05) is 44.2 Å². The molecular weight excluding hydrogens is 402 g/mol. The van der Waals surface area contributed by atoms with Gasteiger partial charge in [-0.1, -0.05) is 24.3 Å². The van der Waals surface area contributed by atoms with Gasteiger partial charge in [-0.3, -0.25) is 9.69 Å². The fourth-order valence-corrected chi connectivity index (χ4v) is 5.86. The van der Waals surface area contributed by atoms with Crippen LogP contribution < -0.4 is 21.7 Å². The topological polar surface area (TPSA) is 99.5 Å². The number of nitrogens with one attached hydrogen (secondary N) is 3. The van der Waals surface area contributed by atoms with Crippen molar-refractivity contribution in [3.05, 3.63) is 35.4 Å². The molecule has 1 aliphatic carbocycles. The zero-order valence-electron chi connectivity index (χ0n) is 19.2. The van der Waals surface area contributed by atoms with Crippen LogP contribution in [0.2, 0.25) is 0 Å². The smallest absolute Gasteiger partial charge is 0.315 e. The van der Waals surface area contributed by atoms with Crippen molar-refractivity contribution in [1.82, 2.24) is 20.9 Å². The molecule has 0 spiro atoms. The fourth-order valence-electron chi connectivity index (χ4n) is 5.86. The zero-order valence-corrected chi connectivity index (χ0v) is 19.2. The van der Waals surface area contributed by atoms with Gasteiger partial charge < -0.3 is 21.7 Å². The normalized spacial score (nSPS) is 26.5. The molecule has 3 amide bonds. The number of fused-ring (bicyclic) bond motifs is 5. The number of hydrogen-bond acceptors (Lipinski definition) is 4. The first-order valence-corrected chi connectivity index (χ1v) is 12.5. The summed E-state index contributed by atoms with van der Waals surface area (Å²) < 4.78 is 0. The number of benzene rings is 1. The van der Waals surface area contributed by atoms with Gasteiger partial charge in [0.05, 0.1) is 0 Å². The molecule has 7 nitrogen and oxygen atoms in total. The summed E-state index contributed by atoms with van der Waals surface area (Å²) >= 11 is 0. The lowest BCUT2D eigenvalue weighted by molar-refractivity contribution is -0.120. The van der Waals surface area contributed by atoms with Crippen LogP contribution in [0.5, 0.6) is 0 Å². The minimum Gasteiger partial charge on any atom is -0.356 e. The maximum atomic E-state index is 12.1. The van der Waals surface area contributed by atoms with Crippen LogP contribution in [-0.2, 0) is 4.79 Å². The van der Waals surface area contributed by atoms with E-state index in [2.05, 4.69) is 45.1 Å². The van der Waals surface area contributed by atoms with E-state index in [4.69, 9.17) is 5.73 Å². The van der Waals surface area contributed by atoms with Crippen LogP contribution in [0.25, 0.3) is 0 Å². The largest absolute Gasteiger partial charge is 0.356 e. The Labute approximate surface area is 191 Å². The molecule has 5 N–H and O–H groups in total. The first-order chi connectivity index (χ1) is 15.7. The van der Waals surface area contributed by atoms with Gasteiger partial charge in [-0.25, -0.2) is 4.79 Å². The van der Waals surface area contributed by atoms with E-state index in [1.807, 2.05) is 0 Å². The van der Waals surface area contributed by atoms with E-state index in [0.29, 0.717) is 38.1 Å². The Morgan fingerprint density at radius 3 is 2.25 bits per heavy atom. The molecule has 0 unspecified atom stereocenters. The van der Waals surface area contributed by atoms with Gasteiger partial charge in [0.2, 0.25) is 5.91 Å². The van der Waals surface area contributed by atoms with E-state index >= 15 is 0 Å². The van der Waals surface area contributed by atoms with Gasteiger partial charge in [-0.15, -0.1) is 0 Å². The summed E-state index contributed by atoms with van der Waals surface area (Å²) in [6.45, 7) is 2.69. The predicted octanol–water partition coefficient (Wildman–Crippen LogP) is 2.98. The molecule has 1 aromatic carbocycles. The number of carbonyl (C=O) groups is 2. The Balaban J connectivity index is 1.08. The third kappa shape index (κ3) is 5.62. The van der Waals surface area contributed by atoms with Crippen molar-refractivity contribution in [3.8, 4) is 0 Å². The Morgan fingerprint density at radius 1 is 0.938 bits per heavy atom. The molecule has 2 aliphatic heterocycles. The Hall–Kier alpha value is -2.12. The Bertz CT molecular complexity index is 746. The highest BCUT2D eigenvalue weighted by molar-refractivity contribution is 5.76. The quantitative estimate of drug-likeness (QED) is 0.420. The minimum absolute atomic E-state index is 0.0318. The van der Waals surface area contributed by atoms with E-state index in [0.717, 1.165) is 25.2 Å². The summed E-state index contributed by atoms with van der Waals surface area (Å²) in [5, 5.41) is 8.83. The van der Waals surface area contributed by atoms with Gasteiger partial charge in [0.15, 0.2) is 0 Å². The number of nitrogens with zero attached hydrogens (tertiary/aromatic N) is 1. The standard InChI is InChI=1S/C25H39N5O2/c26-14-12-24(31)27-15-3-16-28-25(32)29-19-8-6-18(7-9-19)13-17-30-22-10-11-23(30)21-5-2-1-4-20(21)22/h1-2,4-5,18-19,22-23H,3,6-17,26H2,(H,27,31)(H2,28,29,32)/t18?,19?,22-,23+. The molecule has 1 aromatic rings. The highest BCUT2D eigenvalue weighted by Gasteiger charge is 2.43. The van der Waals surface area contributed by atoms with Gasteiger partial charge in [-0.2, -0.15) is 0 Å². The molecule has 32 heavy (non-hydrogen) atoms. The highest BCUT2D eigenvalue weighted by atomic mass is 16.2.